The Balaban J connectivity index is 1.11. The van der Waals surface area contributed by atoms with Crippen LogP contribution in [0.5, 0.6) is 0 Å². The molecule has 0 saturated carbocycles. The zero-order chi connectivity index (χ0) is 33.0. The van der Waals surface area contributed by atoms with E-state index < -0.39 is 0 Å². The van der Waals surface area contributed by atoms with E-state index >= 15 is 0 Å². The highest BCUT2D eigenvalue weighted by Crippen LogP contribution is 2.37. The molecule has 0 aliphatic carbocycles. The Morgan fingerprint density at radius 1 is 0.340 bits per heavy atom. The normalized spacial score (nSPS) is 11.6. The first-order valence-corrected chi connectivity index (χ1v) is 16.7. The third kappa shape index (κ3) is 4.67. The maximum Gasteiger partial charge on any atom is 0.164 e. The second-order valence-electron chi connectivity index (χ2n) is 12.5. The minimum atomic E-state index is 0.628. The summed E-state index contributed by atoms with van der Waals surface area (Å²) < 4.78 is 8.56. The lowest BCUT2D eigenvalue weighted by Gasteiger charge is -2.12. The van der Waals surface area contributed by atoms with Crippen molar-refractivity contribution in [2.75, 3.05) is 0 Å². The highest BCUT2D eigenvalue weighted by Gasteiger charge is 2.17. The van der Waals surface area contributed by atoms with Gasteiger partial charge in [0, 0.05) is 43.9 Å². The molecule has 0 fully saturated rings. The Labute approximate surface area is 287 Å². The summed E-state index contributed by atoms with van der Waals surface area (Å²) in [7, 11) is 0. The lowest BCUT2D eigenvalue weighted by atomic mass is 10.0. The van der Waals surface area contributed by atoms with Crippen molar-refractivity contribution >= 4 is 43.7 Å². The molecule has 10 rings (SSSR count). The Hall–Kier alpha value is -6.85. The first kappa shape index (κ1) is 28.2. The third-order valence-electron chi connectivity index (χ3n) is 9.45. The van der Waals surface area contributed by atoms with Crippen molar-refractivity contribution in [2.45, 2.75) is 0 Å². The van der Waals surface area contributed by atoms with E-state index in [4.69, 9.17) is 19.4 Å². The molecule has 5 heteroatoms. The average Bonchev–Trinajstić information content (AvgIpc) is 3.73. The molecule has 0 radical (unpaired) electrons. The van der Waals surface area contributed by atoms with Crippen molar-refractivity contribution in [3.05, 3.63) is 170 Å². The molecule has 5 nitrogen and oxygen atoms in total. The molecule has 0 unspecified atom stereocenters. The Morgan fingerprint density at radius 2 is 0.900 bits per heavy atom. The van der Waals surface area contributed by atoms with Crippen LogP contribution in [-0.4, -0.2) is 19.5 Å². The first-order valence-electron chi connectivity index (χ1n) is 16.7. The average molecular weight is 641 g/mol. The van der Waals surface area contributed by atoms with E-state index in [0.29, 0.717) is 17.5 Å². The van der Waals surface area contributed by atoms with Crippen LogP contribution in [0.3, 0.4) is 0 Å². The molecule has 3 heterocycles. The van der Waals surface area contributed by atoms with E-state index in [1.54, 1.807) is 0 Å². The summed E-state index contributed by atoms with van der Waals surface area (Å²) in [5.74, 6) is 1.92. The van der Waals surface area contributed by atoms with E-state index in [2.05, 4.69) is 102 Å². The molecule has 0 atom stereocenters. The van der Waals surface area contributed by atoms with Crippen LogP contribution < -0.4 is 0 Å². The van der Waals surface area contributed by atoms with Gasteiger partial charge in [-0.05, 0) is 59.7 Å². The number of furan rings is 1. The lowest BCUT2D eigenvalue weighted by Crippen LogP contribution is -2.01. The Morgan fingerprint density at radius 3 is 1.66 bits per heavy atom. The van der Waals surface area contributed by atoms with Crippen LogP contribution >= 0.6 is 0 Å². The van der Waals surface area contributed by atoms with Crippen LogP contribution in [0.25, 0.3) is 94.7 Å². The SMILES string of the molecule is c1ccc(-c2nc(-c3ccccc3)nc(-c3cccc(-n4c5ccccc5c5cc(-c6ccc7c(c6)oc6ccccc67)ccc54)c3)n2)cc1. The molecule has 10 aromatic rings. The second kappa shape index (κ2) is 11.4. The topological polar surface area (TPSA) is 56.7 Å². The lowest BCUT2D eigenvalue weighted by molar-refractivity contribution is 0.669. The number of benzene rings is 7. The highest BCUT2D eigenvalue weighted by atomic mass is 16.3. The minimum absolute atomic E-state index is 0.628. The molecule has 3 aromatic heterocycles. The maximum atomic E-state index is 6.23. The standard InChI is InChI=1S/C45H28N4O/c1-3-12-29(13-4-1)43-46-44(30-14-5-2-6-15-30)48-45(47-43)33-16-11-17-34(26-33)49-39-20-9-7-18-35(39)38-27-31(23-25-40(38)49)32-22-24-37-36-19-8-10-21-41(36)50-42(37)28-32/h1-28H. The fourth-order valence-corrected chi connectivity index (χ4v) is 7.06. The molecule has 7 aromatic carbocycles. The van der Waals surface area contributed by atoms with Crippen LogP contribution in [-0.2, 0) is 0 Å². The smallest absolute Gasteiger partial charge is 0.164 e. The van der Waals surface area contributed by atoms with Gasteiger partial charge in [-0.3, -0.25) is 0 Å². The van der Waals surface area contributed by atoms with Gasteiger partial charge in [-0.2, -0.15) is 0 Å². The zero-order valence-corrected chi connectivity index (χ0v) is 26.9. The summed E-state index contributed by atoms with van der Waals surface area (Å²) in [4.78, 5) is 14.9. The summed E-state index contributed by atoms with van der Waals surface area (Å²) in [5, 5.41) is 4.65. The van der Waals surface area contributed by atoms with Crippen molar-refractivity contribution in [3.8, 4) is 51.0 Å². The zero-order valence-electron chi connectivity index (χ0n) is 26.9. The van der Waals surface area contributed by atoms with Crippen molar-refractivity contribution in [1.29, 1.82) is 0 Å². The fourth-order valence-electron chi connectivity index (χ4n) is 7.06. The molecule has 0 saturated heterocycles. The predicted octanol–water partition coefficient (Wildman–Crippen LogP) is 11.5. The summed E-state index contributed by atoms with van der Waals surface area (Å²) in [6.07, 6.45) is 0. The largest absolute Gasteiger partial charge is 0.456 e. The monoisotopic (exact) mass is 640 g/mol. The van der Waals surface area contributed by atoms with Gasteiger partial charge in [0.15, 0.2) is 17.5 Å². The molecular formula is C45H28N4O. The molecule has 0 aliphatic rings. The number of hydrogen-bond donors (Lipinski definition) is 0. The highest BCUT2D eigenvalue weighted by molar-refractivity contribution is 6.11. The Bertz CT molecular complexity index is 2810. The van der Waals surface area contributed by atoms with Gasteiger partial charge < -0.3 is 8.98 Å². The van der Waals surface area contributed by atoms with Crippen molar-refractivity contribution < 1.29 is 4.42 Å². The third-order valence-corrected chi connectivity index (χ3v) is 9.45. The van der Waals surface area contributed by atoms with Gasteiger partial charge in [-0.15, -0.1) is 0 Å². The van der Waals surface area contributed by atoms with Gasteiger partial charge in [-0.1, -0.05) is 121 Å². The summed E-state index contributed by atoms with van der Waals surface area (Å²) in [5.41, 5.74) is 10.2. The van der Waals surface area contributed by atoms with Gasteiger partial charge in [0.25, 0.3) is 0 Å². The molecule has 0 N–H and O–H groups in total. The number of hydrogen-bond acceptors (Lipinski definition) is 4. The van der Waals surface area contributed by atoms with Gasteiger partial charge >= 0.3 is 0 Å². The minimum Gasteiger partial charge on any atom is -0.456 e. The second-order valence-corrected chi connectivity index (χ2v) is 12.5. The van der Waals surface area contributed by atoms with E-state index in [1.165, 1.54) is 10.8 Å². The van der Waals surface area contributed by atoms with E-state index in [-0.39, 0.29) is 0 Å². The number of rotatable bonds is 5. The Kier molecular flexibility index (Phi) is 6.42. The van der Waals surface area contributed by atoms with Crippen LogP contribution in [0.2, 0.25) is 0 Å². The van der Waals surface area contributed by atoms with Crippen molar-refractivity contribution in [2.24, 2.45) is 0 Å². The molecule has 0 spiro atoms. The molecule has 0 aliphatic heterocycles. The first-order chi connectivity index (χ1) is 24.8. The van der Waals surface area contributed by atoms with E-state index in [9.17, 15) is 0 Å². The van der Waals surface area contributed by atoms with E-state index in [0.717, 1.165) is 66.5 Å². The maximum absolute atomic E-state index is 6.23. The predicted molar refractivity (Wildman–Crippen MR) is 203 cm³/mol. The van der Waals surface area contributed by atoms with Crippen LogP contribution in [0.15, 0.2) is 174 Å². The van der Waals surface area contributed by atoms with Gasteiger partial charge in [0.05, 0.1) is 11.0 Å². The number of nitrogens with zero attached hydrogens (tertiary/aromatic N) is 4. The van der Waals surface area contributed by atoms with Crippen LogP contribution in [0, 0.1) is 0 Å². The quantitative estimate of drug-likeness (QED) is 0.188. The van der Waals surface area contributed by atoms with Gasteiger partial charge in [0.2, 0.25) is 0 Å². The summed E-state index contributed by atoms with van der Waals surface area (Å²) >= 11 is 0. The number of para-hydroxylation sites is 2. The molecule has 0 bridgehead atoms. The molecule has 234 valence electrons. The molecule has 50 heavy (non-hydrogen) atoms. The van der Waals surface area contributed by atoms with Gasteiger partial charge in [0.1, 0.15) is 11.2 Å². The van der Waals surface area contributed by atoms with Gasteiger partial charge in [-0.25, -0.2) is 15.0 Å². The number of fused-ring (bicyclic) bond motifs is 6. The van der Waals surface area contributed by atoms with Crippen molar-refractivity contribution in [1.82, 2.24) is 19.5 Å². The summed E-state index contributed by atoms with van der Waals surface area (Å²) in [6.45, 7) is 0. The molecule has 0 amide bonds. The van der Waals surface area contributed by atoms with E-state index in [1.807, 2.05) is 72.8 Å². The number of aromatic nitrogens is 4. The fraction of sp³-hybridized carbons (Fsp3) is 0. The van der Waals surface area contributed by atoms with Crippen LogP contribution in [0.4, 0.5) is 0 Å². The molecular weight excluding hydrogens is 613 g/mol. The summed E-state index contributed by atoms with van der Waals surface area (Å²) in [6, 6.07) is 58.7. The van der Waals surface area contributed by atoms with Crippen molar-refractivity contribution in [3.63, 3.8) is 0 Å². The van der Waals surface area contributed by atoms with Crippen LogP contribution in [0.1, 0.15) is 0 Å².